The Morgan fingerprint density at radius 3 is 2.78 bits per heavy atom. The average Bonchev–Trinajstić information content (AvgIpc) is 2.68. The molecule has 6 heteroatoms. The summed E-state index contributed by atoms with van der Waals surface area (Å²) < 4.78 is 31.9. The second kappa shape index (κ2) is 4.73. The summed E-state index contributed by atoms with van der Waals surface area (Å²) in [7, 11) is 1.55. The Labute approximate surface area is 102 Å². The van der Waals surface area contributed by atoms with Gasteiger partial charge < -0.3 is 15.5 Å². The first kappa shape index (κ1) is 12.5. The van der Waals surface area contributed by atoms with E-state index in [4.69, 9.17) is 10.2 Å². The van der Waals surface area contributed by atoms with Crippen LogP contribution in [-0.2, 0) is 0 Å². The zero-order valence-corrected chi connectivity index (χ0v) is 9.72. The molecule has 1 aromatic heterocycles. The zero-order valence-electron chi connectivity index (χ0n) is 9.72. The Morgan fingerprint density at radius 1 is 1.44 bits per heavy atom. The summed E-state index contributed by atoms with van der Waals surface area (Å²) in [6, 6.07) is 1.83. The van der Waals surface area contributed by atoms with Gasteiger partial charge in [0.05, 0.1) is 11.1 Å². The van der Waals surface area contributed by atoms with Crippen LogP contribution in [0, 0.1) is 11.6 Å². The lowest BCUT2D eigenvalue weighted by molar-refractivity contribution is 0.0961. The predicted octanol–water partition coefficient (Wildman–Crippen LogP) is 2.28. The summed E-state index contributed by atoms with van der Waals surface area (Å²) in [6.07, 6.45) is 0.0819. The van der Waals surface area contributed by atoms with Gasteiger partial charge >= 0.3 is 0 Å². The van der Waals surface area contributed by atoms with E-state index >= 15 is 0 Å². The van der Waals surface area contributed by atoms with Crippen LogP contribution in [0.5, 0.6) is 0 Å². The number of fused-ring (bicyclic) bond motifs is 1. The summed E-state index contributed by atoms with van der Waals surface area (Å²) in [6.45, 7) is 0.163. The van der Waals surface area contributed by atoms with Gasteiger partial charge in [-0.2, -0.15) is 0 Å². The number of anilines is 1. The number of nitrogens with one attached hydrogen (secondary N) is 1. The van der Waals surface area contributed by atoms with Crippen LogP contribution in [-0.4, -0.2) is 19.4 Å². The van der Waals surface area contributed by atoms with Gasteiger partial charge in [0, 0.05) is 19.5 Å². The number of furan rings is 1. The molecule has 0 saturated heterocycles. The number of Topliss-reactive ketones (excluding diaryl/α,β-unsaturated/α-hetero) is 1. The summed E-state index contributed by atoms with van der Waals surface area (Å²) in [5.41, 5.74) is 5.43. The lowest BCUT2D eigenvalue weighted by atomic mass is 10.1. The number of halogens is 2. The van der Waals surface area contributed by atoms with E-state index in [1.807, 2.05) is 0 Å². The number of carbonyl (C=O) groups excluding carboxylic acids is 1. The molecule has 2 aromatic rings. The molecule has 0 unspecified atom stereocenters. The molecule has 3 N–H and O–H groups in total. The van der Waals surface area contributed by atoms with Gasteiger partial charge in [-0.1, -0.05) is 0 Å². The molecule has 0 radical (unpaired) electrons. The molecular weight excluding hydrogens is 242 g/mol. The maximum atomic E-state index is 13.5. The number of hydrogen-bond donors (Lipinski definition) is 2. The number of ketones is 1. The fourth-order valence-corrected chi connectivity index (χ4v) is 1.81. The van der Waals surface area contributed by atoms with E-state index in [0.29, 0.717) is 6.07 Å². The minimum absolute atomic E-state index is 0.0255. The first-order valence-electron chi connectivity index (χ1n) is 5.41. The Hall–Kier alpha value is -1.95. The molecule has 0 fully saturated rings. The summed E-state index contributed by atoms with van der Waals surface area (Å²) in [5, 5.41) is 2.93. The molecule has 2 rings (SSSR count). The van der Waals surface area contributed by atoms with Crippen molar-refractivity contribution in [2.24, 2.45) is 5.73 Å². The van der Waals surface area contributed by atoms with E-state index < -0.39 is 11.6 Å². The highest BCUT2D eigenvalue weighted by Gasteiger charge is 2.21. The maximum absolute atomic E-state index is 13.5. The van der Waals surface area contributed by atoms with Crippen molar-refractivity contribution in [2.75, 3.05) is 18.9 Å². The van der Waals surface area contributed by atoms with Crippen molar-refractivity contribution in [1.82, 2.24) is 0 Å². The molecule has 0 saturated carbocycles. The van der Waals surface area contributed by atoms with Gasteiger partial charge in [0.1, 0.15) is 5.82 Å². The van der Waals surface area contributed by atoms with Gasteiger partial charge in [-0.3, -0.25) is 4.79 Å². The summed E-state index contributed by atoms with van der Waals surface area (Å²) >= 11 is 0. The van der Waals surface area contributed by atoms with Crippen molar-refractivity contribution in [3.05, 3.63) is 29.5 Å². The molecule has 0 aliphatic carbocycles. The van der Waals surface area contributed by atoms with Crippen LogP contribution in [0.4, 0.5) is 14.5 Å². The van der Waals surface area contributed by atoms with Crippen molar-refractivity contribution < 1.29 is 18.0 Å². The SMILES string of the molecule is CNc1c(C(=O)CCN)oc2c(F)cc(F)cc12. The van der Waals surface area contributed by atoms with Gasteiger partial charge in [0.25, 0.3) is 0 Å². The summed E-state index contributed by atoms with van der Waals surface area (Å²) in [5.74, 6) is -1.94. The second-order valence-corrected chi connectivity index (χ2v) is 3.78. The van der Waals surface area contributed by atoms with Gasteiger partial charge in [0.15, 0.2) is 17.2 Å². The third-order valence-electron chi connectivity index (χ3n) is 2.58. The standard InChI is InChI=1S/C12H12F2N2O2/c1-16-10-7-4-6(13)5-8(14)11(7)18-12(10)9(17)2-3-15/h4-5,16H,2-3,15H2,1H3. The molecule has 0 spiro atoms. The molecule has 4 nitrogen and oxygen atoms in total. The third kappa shape index (κ3) is 1.95. The van der Waals surface area contributed by atoms with E-state index in [9.17, 15) is 13.6 Å². The Bertz CT molecular complexity index is 608. The van der Waals surface area contributed by atoms with Crippen molar-refractivity contribution in [3.8, 4) is 0 Å². The largest absolute Gasteiger partial charge is 0.448 e. The number of benzene rings is 1. The fourth-order valence-electron chi connectivity index (χ4n) is 1.81. The normalized spacial score (nSPS) is 10.9. The number of carbonyl (C=O) groups is 1. The molecule has 0 aliphatic heterocycles. The van der Waals surface area contributed by atoms with E-state index in [1.165, 1.54) is 0 Å². The van der Waals surface area contributed by atoms with E-state index in [0.717, 1.165) is 6.07 Å². The van der Waals surface area contributed by atoms with Gasteiger partial charge in [-0.05, 0) is 12.6 Å². The molecule has 0 bridgehead atoms. The zero-order chi connectivity index (χ0) is 13.3. The Balaban J connectivity index is 2.68. The highest BCUT2D eigenvalue weighted by atomic mass is 19.1. The van der Waals surface area contributed by atoms with Gasteiger partial charge in [0.2, 0.25) is 5.78 Å². The van der Waals surface area contributed by atoms with Crippen LogP contribution in [0.1, 0.15) is 17.0 Å². The van der Waals surface area contributed by atoms with Crippen LogP contribution in [0.15, 0.2) is 16.5 Å². The Kier molecular flexibility index (Phi) is 3.29. The maximum Gasteiger partial charge on any atom is 0.201 e. The van der Waals surface area contributed by atoms with Crippen molar-refractivity contribution in [2.45, 2.75) is 6.42 Å². The highest BCUT2D eigenvalue weighted by Crippen LogP contribution is 2.33. The van der Waals surface area contributed by atoms with Gasteiger partial charge in [-0.15, -0.1) is 0 Å². The average molecular weight is 254 g/mol. The number of nitrogens with two attached hydrogens (primary N) is 1. The quantitative estimate of drug-likeness (QED) is 0.821. The van der Waals surface area contributed by atoms with E-state index in [-0.39, 0.29) is 41.2 Å². The number of rotatable bonds is 4. The fraction of sp³-hybridized carbons (Fsp3) is 0.250. The molecule has 0 aliphatic rings. The summed E-state index contributed by atoms with van der Waals surface area (Å²) in [4.78, 5) is 11.8. The topological polar surface area (TPSA) is 68.3 Å². The van der Waals surface area contributed by atoms with Crippen LogP contribution >= 0.6 is 0 Å². The Morgan fingerprint density at radius 2 is 2.17 bits per heavy atom. The second-order valence-electron chi connectivity index (χ2n) is 3.78. The monoisotopic (exact) mass is 254 g/mol. The predicted molar refractivity (Wildman–Crippen MR) is 63.7 cm³/mol. The molecule has 1 heterocycles. The van der Waals surface area contributed by atoms with Crippen LogP contribution in [0.3, 0.4) is 0 Å². The minimum Gasteiger partial charge on any atom is -0.448 e. The first-order valence-corrected chi connectivity index (χ1v) is 5.41. The van der Waals surface area contributed by atoms with Crippen LogP contribution in [0.2, 0.25) is 0 Å². The van der Waals surface area contributed by atoms with Crippen molar-refractivity contribution >= 4 is 22.4 Å². The van der Waals surface area contributed by atoms with E-state index in [2.05, 4.69) is 5.32 Å². The molecular formula is C12H12F2N2O2. The minimum atomic E-state index is -0.840. The lowest BCUT2D eigenvalue weighted by Crippen LogP contribution is -2.08. The highest BCUT2D eigenvalue weighted by molar-refractivity contribution is 6.07. The molecule has 1 aromatic carbocycles. The first-order chi connectivity index (χ1) is 8.58. The van der Waals surface area contributed by atoms with Crippen LogP contribution in [0.25, 0.3) is 11.0 Å². The van der Waals surface area contributed by atoms with Crippen molar-refractivity contribution in [3.63, 3.8) is 0 Å². The lowest BCUT2D eigenvalue weighted by Gasteiger charge is -2.00. The molecule has 96 valence electrons. The third-order valence-corrected chi connectivity index (χ3v) is 2.58. The van der Waals surface area contributed by atoms with Gasteiger partial charge in [-0.25, -0.2) is 8.78 Å². The molecule has 18 heavy (non-hydrogen) atoms. The van der Waals surface area contributed by atoms with Crippen molar-refractivity contribution in [1.29, 1.82) is 0 Å². The smallest absolute Gasteiger partial charge is 0.201 e. The van der Waals surface area contributed by atoms with E-state index in [1.54, 1.807) is 7.05 Å². The molecule has 0 amide bonds. The molecule has 0 atom stereocenters. The number of hydrogen-bond acceptors (Lipinski definition) is 4. The van der Waals surface area contributed by atoms with Crippen LogP contribution < -0.4 is 11.1 Å².